The fraction of sp³-hybridized carbons (Fsp3) is 0.429. The maximum Gasteiger partial charge on any atom is 0.305 e. The van der Waals surface area contributed by atoms with Crippen LogP contribution < -0.4 is 9.47 Å². The van der Waals surface area contributed by atoms with E-state index < -0.39 is 5.97 Å². The van der Waals surface area contributed by atoms with Crippen molar-refractivity contribution in [2.24, 2.45) is 0 Å². The number of rotatable bonds is 6. The highest BCUT2D eigenvalue weighted by Gasteiger charge is 2.17. The van der Waals surface area contributed by atoms with E-state index in [1.165, 1.54) is 0 Å². The van der Waals surface area contributed by atoms with Crippen molar-refractivity contribution in [2.75, 3.05) is 19.9 Å². The number of aliphatic carboxylic acids is 1. The van der Waals surface area contributed by atoms with E-state index in [0.717, 1.165) is 5.56 Å². The summed E-state index contributed by atoms with van der Waals surface area (Å²) in [5.74, 6) is 0.329. The van der Waals surface area contributed by atoms with Crippen LogP contribution in [0, 0.1) is 0 Å². The smallest absolute Gasteiger partial charge is 0.305 e. The maximum absolute atomic E-state index is 12.1. The Hall–Kier alpha value is -2.24. The van der Waals surface area contributed by atoms with Gasteiger partial charge >= 0.3 is 5.97 Å². The van der Waals surface area contributed by atoms with Gasteiger partial charge in [-0.25, -0.2) is 0 Å². The summed E-state index contributed by atoms with van der Waals surface area (Å²) in [6, 6.07) is 5.38. The van der Waals surface area contributed by atoms with Crippen molar-refractivity contribution >= 4 is 11.9 Å². The largest absolute Gasteiger partial charge is 0.481 e. The second-order valence-corrected chi connectivity index (χ2v) is 4.48. The zero-order valence-electron chi connectivity index (χ0n) is 11.3. The van der Waals surface area contributed by atoms with Crippen LogP contribution >= 0.6 is 0 Å². The Kier molecular flexibility index (Phi) is 4.45. The fourth-order valence-electron chi connectivity index (χ4n) is 2.03. The predicted octanol–water partition coefficient (Wildman–Crippen LogP) is 1.28. The lowest BCUT2D eigenvalue weighted by Crippen LogP contribution is -2.34. The topological polar surface area (TPSA) is 76.1 Å². The van der Waals surface area contributed by atoms with E-state index >= 15 is 0 Å². The maximum atomic E-state index is 12.1. The molecule has 20 heavy (non-hydrogen) atoms. The number of carbonyl (C=O) groups excluding carboxylic acids is 1. The summed E-state index contributed by atoms with van der Waals surface area (Å²) in [4.78, 5) is 24.2. The highest BCUT2D eigenvalue weighted by atomic mass is 16.7. The summed E-state index contributed by atoms with van der Waals surface area (Å²) in [5.41, 5.74) is 0.827. The number of hydrogen-bond acceptors (Lipinski definition) is 4. The van der Waals surface area contributed by atoms with Gasteiger partial charge in [-0.15, -0.1) is 0 Å². The molecule has 2 rings (SSSR count). The van der Waals surface area contributed by atoms with Gasteiger partial charge in [-0.3, -0.25) is 9.59 Å². The minimum Gasteiger partial charge on any atom is -0.481 e. The molecule has 1 aromatic rings. The Balaban J connectivity index is 1.97. The van der Waals surface area contributed by atoms with Gasteiger partial charge in [0.05, 0.1) is 12.8 Å². The fourth-order valence-corrected chi connectivity index (χ4v) is 2.03. The number of benzene rings is 1. The average Bonchev–Trinajstić information content (AvgIpc) is 2.86. The van der Waals surface area contributed by atoms with E-state index in [1.54, 1.807) is 17.0 Å². The number of amides is 1. The summed E-state index contributed by atoms with van der Waals surface area (Å²) < 4.78 is 10.5. The van der Waals surface area contributed by atoms with Gasteiger partial charge in [0.1, 0.15) is 0 Å². The minimum atomic E-state index is -0.903. The molecule has 0 aromatic heterocycles. The molecule has 6 heteroatoms. The van der Waals surface area contributed by atoms with Gasteiger partial charge in [0.15, 0.2) is 11.5 Å². The van der Waals surface area contributed by atoms with Crippen molar-refractivity contribution in [3.05, 3.63) is 23.8 Å². The first-order chi connectivity index (χ1) is 9.60. The van der Waals surface area contributed by atoms with Crippen molar-refractivity contribution in [1.82, 2.24) is 4.90 Å². The highest BCUT2D eigenvalue weighted by Crippen LogP contribution is 2.32. The Bertz CT molecular complexity index is 514. The van der Waals surface area contributed by atoms with Crippen LogP contribution in [-0.2, 0) is 16.0 Å². The van der Waals surface area contributed by atoms with Crippen LogP contribution in [0.3, 0.4) is 0 Å². The second-order valence-electron chi connectivity index (χ2n) is 4.48. The first kappa shape index (κ1) is 14.2. The third-order valence-corrected chi connectivity index (χ3v) is 3.12. The molecule has 0 saturated carbocycles. The van der Waals surface area contributed by atoms with Crippen LogP contribution in [0.1, 0.15) is 18.9 Å². The van der Waals surface area contributed by atoms with Gasteiger partial charge in [-0.2, -0.15) is 0 Å². The lowest BCUT2D eigenvalue weighted by atomic mass is 10.1. The Labute approximate surface area is 116 Å². The van der Waals surface area contributed by atoms with Gasteiger partial charge < -0.3 is 19.5 Å². The predicted molar refractivity (Wildman–Crippen MR) is 70.8 cm³/mol. The van der Waals surface area contributed by atoms with Crippen LogP contribution in [0.2, 0.25) is 0 Å². The van der Waals surface area contributed by atoms with E-state index in [-0.39, 0.29) is 32.1 Å². The number of carboxylic acid groups (broad SMARTS) is 1. The van der Waals surface area contributed by atoms with E-state index in [0.29, 0.717) is 18.0 Å². The molecule has 0 radical (unpaired) electrons. The molecule has 0 aliphatic carbocycles. The Morgan fingerprint density at radius 2 is 2.05 bits per heavy atom. The summed E-state index contributed by atoms with van der Waals surface area (Å²) >= 11 is 0. The zero-order valence-corrected chi connectivity index (χ0v) is 11.3. The summed E-state index contributed by atoms with van der Waals surface area (Å²) in [5, 5.41) is 8.67. The number of carbonyl (C=O) groups is 2. The molecule has 1 aromatic carbocycles. The molecule has 0 atom stereocenters. The monoisotopic (exact) mass is 279 g/mol. The molecule has 1 heterocycles. The van der Waals surface area contributed by atoms with Crippen molar-refractivity contribution in [1.29, 1.82) is 0 Å². The molecule has 6 nitrogen and oxygen atoms in total. The standard InChI is InChI=1S/C14H17NO5/c1-2-15(6-5-14(17)18)13(16)8-10-3-4-11-12(7-10)20-9-19-11/h3-4,7H,2,5-6,8-9H2,1H3,(H,17,18). The second kappa shape index (κ2) is 6.27. The van der Waals surface area contributed by atoms with Crippen LogP contribution in [0.15, 0.2) is 18.2 Å². The molecule has 1 N–H and O–H groups in total. The van der Waals surface area contributed by atoms with Crippen LogP contribution in [0.5, 0.6) is 11.5 Å². The molecule has 108 valence electrons. The first-order valence-electron chi connectivity index (χ1n) is 6.48. The molecule has 0 spiro atoms. The van der Waals surface area contributed by atoms with Crippen LogP contribution in [0.25, 0.3) is 0 Å². The third kappa shape index (κ3) is 3.40. The first-order valence-corrected chi connectivity index (χ1v) is 6.48. The molecular formula is C14H17NO5. The number of fused-ring (bicyclic) bond motifs is 1. The molecule has 1 aliphatic rings. The number of carboxylic acids is 1. The number of hydrogen-bond donors (Lipinski definition) is 1. The van der Waals surface area contributed by atoms with Crippen molar-refractivity contribution in [3.8, 4) is 11.5 Å². The molecule has 1 aliphatic heterocycles. The minimum absolute atomic E-state index is 0.0410. The summed E-state index contributed by atoms with van der Waals surface area (Å²) in [6.45, 7) is 2.76. The van der Waals surface area contributed by atoms with Crippen molar-refractivity contribution < 1.29 is 24.2 Å². The molecule has 0 bridgehead atoms. The molecule has 0 unspecified atom stereocenters. The third-order valence-electron chi connectivity index (χ3n) is 3.12. The molecule has 0 saturated heterocycles. The van der Waals surface area contributed by atoms with Crippen molar-refractivity contribution in [3.63, 3.8) is 0 Å². The van der Waals surface area contributed by atoms with Crippen molar-refractivity contribution in [2.45, 2.75) is 19.8 Å². The van der Waals surface area contributed by atoms with Gasteiger partial charge in [0, 0.05) is 13.1 Å². The Morgan fingerprint density at radius 1 is 1.30 bits per heavy atom. The summed E-state index contributed by atoms with van der Waals surface area (Å²) in [6.07, 6.45) is 0.185. The lowest BCUT2D eigenvalue weighted by molar-refractivity contribution is -0.138. The molecule has 1 amide bonds. The SMILES string of the molecule is CCN(CCC(=O)O)C(=O)Cc1ccc2c(c1)OCO2. The van der Waals surface area contributed by atoms with E-state index in [2.05, 4.69) is 0 Å². The quantitative estimate of drug-likeness (QED) is 0.849. The number of nitrogens with zero attached hydrogens (tertiary/aromatic N) is 1. The lowest BCUT2D eigenvalue weighted by Gasteiger charge is -2.20. The zero-order chi connectivity index (χ0) is 14.5. The molecular weight excluding hydrogens is 262 g/mol. The van der Waals surface area contributed by atoms with E-state index in [1.807, 2.05) is 13.0 Å². The summed E-state index contributed by atoms with van der Waals surface area (Å²) in [7, 11) is 0. The van der Waals surface area contributed by atoms with Crippen LogP contribution in [-0.4, -0.2) is 41.8 Å². The highest BCUT2D eigenvalue weighted by molar-refractivity contribution is 5.79. The van der Waals surface area contributed by atoms with Crippen LogP contribution in [0.4, 0.5) is 0 Å². The van der Waals surface area contributed by atoms with E-state index in [4.69, 9.17) is 14.6 Å². The Morgan fingerprint density at radius 3 is 2.75 bits per heavy atom. The number of ether oxygens (including phenoxy) is 2. The normalized spacial score (nSPS) is 12.2. The van der Waals surface area contributed by atoms with Gasteiger partial charge in [-0.1, -0.05) is 6.07 Å². The number of likely N-dealkylation sites (N-methyl/N-ethyl adjacent to an activating group) is 1. The van der Waals surface area contributed by atoms with Gasteiger partial charge in [0.2, 0.25) is 12.7 Å². The average molecular weight is 279 g/mol. The van der Waals surface area contributed by atoms with Gasteiger partial charge in [-0.05, 0) is 24.6 Å². The van der Waals surface area contributed by atoms with Gasteiger partial charge in [0.25, 0.3) is 0 Å². The molecule has 0 fully saturated rings. The van der Waals surface area contributed by atoms with E-state index in [9.17, 15) is 9.59 Å².